The number of aryl methyl sites for hydroxylation is 2. The van der Waals surface area contributed by atoms with Gasteiger partial charge in [-0.2, -0.15) is 4.98 Å². The number of carbonyl (C=O) groups excluding carboxylic acids is 1. The van der Waals surface area contributed by atoms with Crippen molar-refractivity contribution in [3.8, 4) is 0 Å². The van der Waals surface area contributed by atoms with E-state index in [2.05, 4.69) is 33.0 Å². The first-order valence-corrected chi connectivity index (χ1v) is 8.84. The van der Waals surface area contributed by atoms with Gasteiger partial charge in [-0.15, -0.1) is 0 Å². The number of hydrogen-bond acceptors (Lipinski definition) is 4. The summed E-state index contributed by atoms with van der Waals surface area (Å²) in [6.07, 6.45) is 5.99. The topological polar surface area (TPSA) is 73.0 Å². The largest absolute Gasteiger partial charge is 0.351 e. The number of benzene rings is 1. The standard InChI is InChI=1S/C19H24N4O2/c1-3-4-7-12-23-13-16(15-8-5-6-9-17(15)23)19(24)20-11-10-18-21-14(2)22-25-18/h5-6,8-9,13H,3-4,7,10-12H2,1-2H3,(H,20,24). The van der Waals surface area contributed by atoms with Gasteiger partial charge in [-0.05, 0) is 19.4 Å². The zero-order valence-corrected chi connectivity index (χ0v) is 14.8. The van der Waals surface area contributed by atoms with E-state index in [0.29, 0.717) is 30.2 Å². The third-order valence-corrected chi connectivity index (χ3v) is 4.23. The van der Waals surface area contributed by atoms with Crippen LogP contribution in [0.3, 0.4) is 0 Å². The summed E-state index contributed by atoms with van der Waals surface area (Å²) >= 11 is 0. The second-order valence-corrected chi connectivity index (χ2v) is 6.20. The van der Waals surface area contributed by atoms with E-state index in [0.717, 1.165) is 23.9 Å². The molecule has 6 nitrogen and oxygen atoms in total. The molecule has 0 saturated heterocycles. The minimum Gasteiger partial charge on any atom is -0.351 e. The lowest BCUT2D eigenvalue weighted by Gasteiger charge is -2.03. The van der Waals surface area contributed by atoms with E-state index >= 15 is 0 Å². The molecule has 6 heteroatoms. The van der Waals surface area contributed by atoms with E-state index < -0.39 is 0 Å². The van der Waals surface area contributed by atoms with Gasteiger partial charge < -0.3 is 14.4 Å². The van der Waals surface area contributed by atoms with Crippen LogP contribution in [0.2, 0.25) is 0 Å². The molecule has 1 amide bonds. The van der Waals surface area contributed by atoms with Crippen molar-refractivity contribution in [2.24, 2.45) is 0 Å². The van der Waals surface area contributed by atoms with Gasteiger partial charge in [0.15, 0.2) is 5.82 Å². The highest BCUT2D eigenvalue weighted by Gasteiger charge is 2.14. The molecule has 2 aromatic heterocycles. The lowest BCUT2D eigenvalue weighted by atomic mass is 10.1. The van der Waals surface area contributed by atoms with Crippen LogP contribution in [0.25, 0.3) is 10.9 Å². The van der Waals surface area contributed by atoms with E-state index in [-0.39, 0.29) is 5.91 Å². The summed E-state index contributed by atoms with van der Waals surface area (Å²) in [5.74, 6) is 1.08. The monoisotopic (exact) mass is 340 g/mol. The summed E-state index contributed by atoms with van der Waals surface area (Å²) in [5, 5.41) is 7.69. The maximum atomic E-state index is 12.6. The predicted molar refractivity (Wildman–Crippen MR) is 96.5 cm³/mol. The molecule has 0 aliphatic rings. The smallest absolute Gasteiger partial charge is 0.253 e. The van der Waals surface area contributed by atoms with E-state index in [9.17, 15) is 4.79 Å². The van der Waals surface area contributed by atoms with Gasteiger partial charge in [0.2, 0.25) is 5.89 Å². The summed E-state index contributed by atoms with van der Waals surface area (Å²) < 4.78 is 7.25. The number of aromatic nitrogens is 3. The average molecular weight is 340 g/mol. The van der Waals surface area contributed by atoms with Gasteiger partial charge in [0, 0.05) is 36.6 Å². The number of rotatable bonds is 8. The van der Waals surface area contributed by atoms with Gasteiger partial charge in [-0.1, -0.05) is 43.1 Å². The molecule has 0 aliphatic heterocycles. The Labute approximate surface area is 147 Å². The molecule has 3 aromatic rings. The SMILES string of the molecule is CCCCCn1cc(C(=O)NCCc2nc(C)no2)c2ccccc21. The van der Waals surface area contributed by atoms with Gasteiger partial charge in [-0.3, -0.25) is 4.79 Å². The first-order valence-electron chi connectivity index (χ1n) is 8.84. The molecule has 2 heterocycles. The number of unbranched alkanes of at least 4 members (excludes halogenated alkanes) is 2. The summed E-state index contributed by atoms with van der Waals surface area (Å²) in [6, 6.07) is 8.05. The van der Waals surface area contributed by atoms with Crippen molar-refractivity contribution in [1.82, 2.24) is 20.0 Å². The van der Waals surface area contributed by atoms with Crippen molar-refractivity contribution in [3.05, 3.63) is 47.7 Å². The lowest BCUT2D eigenvalue weighted by molar-refractivity contribution is 0.0955. The second-order valence-electron chi connectivity index (χ2n) is 6.20. The maximum absolute atomic E-state index is 12.6. The summed E-state index contributed by atoms with van der Waals surface area (Å²) in [7, 11) is 0. The van der Waals surface area contributed by atoms with Crippen LogP contribution in [0.5, 0.6) is 0 Å². The lowest BCUT2D eigenvalue weighted by Crippen LogP contribution is -2.25. The van der Waals surface area contributed by atoms with Crippen molar-refractivity contribution in [2.45, 2.75) is 46.1 Å². The molecule has 25 heavy (non-hydrogen) atoms. The summed E-state index contributed by atoms with van der Waals surface area (Å²) in [4.78, 5) is 16.7. The predicted octanol–water partition coefficient (Wildman–Crippen LogP) is 3.50. The number of carbonyl (C=O) groups is 1. The Bertz CT molecular complexity index is 850. The normalized spacial score (nSPS) is 11.1. The number of para-hydroxylation sites is 1. The third kappa shape index (κ3) is 4.07. The van der Waals surface area contributed by atoms with E-state index in [1.165, 1.54) is 12.8 Å². The molecule has 1 aromatic carbocycles. The number of nitrogens with one attached hydrogen (secondary N) is 1. The van der Waals surface area contributed by atoms with Gasteiger partial charge in [0.05, 0.1) is 5.56 Å². The molecule has 0 spiro atoms. The molecule has 0 saturated carbocycles. The molecule has 0 unspecified atom stereocenters. The highest BCUT2D eigenvalue weighted by Crippen LogP contribution is 2.22. The van der Waals surface area contributed by atoms with Crippen LogP contribution in [0.1, 0.15) is 48.3 Å². The molecular formula is C19H24N4O2. The zero-order valence-electron chi connectivity index (χ0n) is 14.8. The number of fused-ring (bicyclic) bond motifs is 1. The summed E-state index contributed by atoms with van der Waals surface area (Å²) in [5.41, 5.74) is 1.82. The van der Waals surface area contributed by atoms with E-state index in [4.69, 9.17) is 4.52 Å². The van der Waals surface area contributed by atoms with Crippen molar-refractivity contribution >= 4 is 16.8 Å². The first-order chi connectivity index (χ1) is 12.2. The Hall–Kier alpha value is -2.63. The van der Waals surface area contributed by atoms with Crippen molar-refractivity contribution < 1.29 is 9.32 Å². The zero-order chi connectivity index (χ0) is 17.6. The van der Waals surface area contributed by atoms with Gasteiger partial charge >= 0.3 is 0 Å². The molecular weight excluding hydrogens is 316 g/mol. The van der Waals surface area contributed by atoms with Crippen LogP contribution < -0.4 is 5.32 Å². The highest BCUT2D eigenvalue weighted by molar-refractivity contribution is 6.07. The minimum absolute atomic E-state index is 0.0679. The fourth-order valence-electron chi connectivity index (χ4n) is 2.96. The van der Waals surface area contributed by atoms with Crippen LogP contribution in [-0.2, 0) is 13.0 Å². The van der Waals surface area contributed by atoms with Crippen LogP contribution in [0, 0.1) is 6.92 Å². The Morgan fingerprint density at radius 1 is 1.28 bits per heavy atom. The van der Waals surface area contributed by atoms with Crippen LogP contribution in [0.4, 0.5) is 0 Å². The highest BCUT2D eigenvalue weighted by atomic mass is 16.5. The molecule has 0 fully saturated rings. The Morgan fingerprint density at radius 3 is 2.88 bits per heavy atom. The van der Waals surface area contributed by atoms with Gasteiger partial charge in [0.25, 0.3) is 5.91 Å². The van der Waals surface area contributed by atoms with Gasteiger partial charge in [-0.25, -0.2) is 0 Å². The Morgan fingerprint density at radius 2 is 2.12 bits per heavy atom. The van der Waals surface area contributed by atoms with E-state index in [1.54, 1.807) is 6.92 Å². The third-order valence-electron chi connectivity index (χ3n) is 4.23. The Balaban J connectivity index is 1.69. The molecule has 0 atom stereocenters. The summed E-state index contributed by atoms with van der Waals surface area (Å²) in [6.45, 7) is 5.37. The first kappa shape index (κ1) is 17.2. The van der Waals surface area contributed by atoms with Crippen molar-refractivity contribution in [2.75, 3.05) is 6.54 Å². The molecule has 3 rings (SSSR count). The minimum atomic E-state index is -0.0679. The van der Waals surface area contributed by atoms with Crippen molar-refractivity contribution in [1.29, 1.82) is 0 Å². The van der Waals surface area contributed by atoms with Crippen LogP contribution in [0.15, 0.2) is 35.0 Å². The van der Waals surface area contributed by atoms with Crippen molar-refractivity contribution in [3.63, 3.8) is 0 Å². The maximum Gasteiger partial charge on any atom is 0.253 e. The number of hydrogen-bond donors (Lipinski definition) is 1. The molecule has 1 N–H and O–H groups in total. The quantitative estimate of drug-likeness (QED) is 0.637. The fraction of sp³-hybridized carbons (Fsp3) is 0.421. The fourth-order valence-corrected chi connectivity index (χ4v) is 2.96. The van der Waals surface area contributed by atoms with Crippen LogP contribution in [-0.4, -0.2) is 27.2 Å². The molecule has 0 radical (unpaired) electrons. The number of amides is 1. The average Bonchev–Trinajstić information content (AvgIpc) is 3.19. The van der Waals surface area contributed by atoms with E-state index in [1.807, 2.05) is 24.4 Å². The Kier molecular flexibility index (Phi) is 5.48. The molecule has 0 bridgehead atoms. The molecule has 0 aliphatic carbocycles. The van der Waals surface area contributed by atoms with Crippen LogP contribution >= 0.6 is 0 Å². The number of nitrogens with zero attached hydrogens (tertiary/aromatic N) is 3. The second kappa shape index (κ2) is 7.96. The van der Waals surface area contributed by atoms with Gasteiger partial charge in [0.1, 0.15) is 0 Å². The molecule has 132 valence electrons.